The topological polar surface area (TPSA) is 160 Å². The van der Waals surface area contributed by atoms with Gasteiger partial charge in [-0.05, 0) is 85.9 Å². The van der Waals surface area contributed by atoms with Crippen LogP contribution in [0.2, 0.25) is 0 Å². The second-order valence-electron chi connectivity index (χ2n) is 26.4. The minimum Gasteiger partial charge on any atom is -0.394 e. The van der Waals surface area contributed by atoms with Gasteiger partial charge >= 0.3 is 0 Å². The molecule has 0 saturated carbocycles. The van der Waals surface area contributed by atoms with Crippen molar-refractivity contribution in [3.05, 3.63) is 0 Å². The van der Waals surface area contributed by atoms with Crippen LogP contribution >= 0.6 is 0 Å². The van der Waals surface area contributed by atoms with Crippen LogP contribution in [-0.4, -0.2) is 140 Å². The second-order valence-corrected chi connectivity index (χ2v) is 26.4. The van der Waals surface area contributed by atoms with Crippen LogP contribution in [0.3, 0.4) is 0 Å². The number of aliphatic hydroxyl groups is 2. The molecule has 2 N–H and O–H groups in total. The zero-order valence-electron chi connectivity index (χ0n) is 53.5. The van der Waals surface area contributed by atoms with Crippen molar-refractivity contribution in [2.75, 3.05) is 6.61 Å². The summed E-state index contributed by atoms with van der Waals surface area (Å²) < 4.78 is 89.2. The number of rotatable bonds is 19. The van der Waals surface area contributed by atoms with E-state index in [2.05, 4.69) is 132 Å². The number of hydrogen-bond donors (Lipinski definition) is 2. The summed E-state index contributed by atoms with van der Waals surface area (Å²) in [5.41, 5.74) is 0. The quantitative estimate of drug-likeness (QED) is 0.126. The third kappa shape index (κ3) is 15.5. The van der Waals surface area contributed by atoms with Crippen LogP contribution in [0.5, 0.6) is 0 Å². The van der Waals surface area contributed by atoms with Crippen molar-refractivity contribution >= 4 is 0 Å². The van der Waals surface area contributed by atoms with Gasteiger partial charge in [0, 0.05) is 130 Å². The fraction of sp³-hybridized carbons (Fsp3) is 1.00. The van der Waals surface area contributed by atoms with E-state index < -0.39 is 43.7 Å². The van der Waals surface area contributed by atoms with Gasteiger partial charge in [0.2, 0.25) is 0 Å². The Morgan fingerprint density at radius 3 is 0.675 bits per heavy atom. The van der Waals surface area contributed by atoms with Crippen LogP contribution in [0.4, 0.5) is 0 Å². The Balaban J connectivity index is 0.00000588. The first-order chi connectivity index (χ1) is 37.0. The van der Waals surface area contributed by atoms with E-state index in [1.54, 1.807) is 0 Å². The van der Waals surface area contributed by atoms with E-state index in [1.807, 2.05) is 13.8 Å². The molecule has 0 bridgehead atoms. The molecule has 0 aliphatic carbocycles. The van der Waals surface area contributed by atoms with Gasteiger partial charge in [-0.1, -0.05) is 145 Å². The van der Waals surface area contributed by atoms with Gasteiger partial charge in [-0.2, -0.15) is 0 Å². The fourth-order valence-corrected chi connectivity index (χ4v) is 14.5. The molecule has 2 radical (unpaired) electrons. The molecule has 15 nitrogen and oxygen atoms in total. The molecule has 17 heteroatoms. The van der Waals surface area contributed by atoms with E-state index in [9.17, 15) is 10.2 Å². The molecule has 0 amide bonds. The molecule has 0 aromatic carbocycles. The Bertz CT molecular complexity index is 1800. The first-order valence-electron chi connectivity index (χ1n) is 31.8. The average molecular weight is 1570 g/mol. The molecule has 0 spiro atoms. The van der Waals surface area contributed by atoms with E-state index in [-0.39, 0.29) is 245 Å². The van der Waals surface area contributed by atoms with E-state index >= 15 is 0 Å². The SMILES string of the molecule is CCC1O[C@@H](O[C@H]2C(CC)O[C@@H](O[C@H]3C(C)C(C)C(O)O[C@@H]3CO)[C@H](C)C2C)[C@H](C)C(C)[C@H]1O[C@H]1O[C@H](CC)[C@@H](O[C@H]2O[C@H](CC)[C@@H](O[C@@H]3OC(CC)[C@H](O[C@@H]4OC(CC)[C@H](C)[C@H](C)C4C)C(C)[C@H]3C)C(C)C2C)C(C)C1C.[Ac].[Ac]. The summed E-state index contributed by atoms with van der Waals surface area (Å²) in [5, 5.41) is 20.7. The molecule has 0 aromatic heterocycles. The summed E-state index contributed by atoms with van der Waals surface area (Å²) in [6.45, 7) is 46.1. The standard InChI is InChI=1S/C63H114O15.2Ac/c1-22-44-30(8)29(7)38(16)58(67-44)73-51-32(10)39(17)59(68-45(51)23-2)74-52-33(11)40(18)60(69-46(52)24-3)75-53-34(12)41(19)61(70-47(53)25-4)76-54-35(13)42(20)62(71-48(54)26-5)77-55-36(14)43(21)63(72-49(55)27-6)78-56-31(9)37(15)57(65)66-50(56)28-64;;/h29-65H,22-28H2,1-21H3;;/t29-,30+,31?,32?,33?,34?,35?,36?,37?,38?,39+,40?,41?,42+,43+,44?,45?,46+,47+,48?,49?,50+,51+,52-,53-,54+,55+,56-,57?,58-,59-,60+,61+,62-,63-;;/m0../s1. The predicted molar refractivity (Wildman–Crippen MR) is 298 cm³/mol. The monoisotopic (exact) mass is 1560 g/mol. The second kappa shape index (κ2) is 32.3. The molecule has 7 fully saturated rings. The van der Waals surface area contributed by atoms with Gasteiger partial charge in [0.1, 0.15) is 6.10 Å². The Hall–Kier alpha value is 2.28. The average Bonchev–Trinajstić information content (AvgIpc) is 3.43. The third-order valence-electron chi connectivity index (χ3n) is 22.1. The summed E-state index contributed by atoms with van der Waals surface area (Å²) in [6, 6.07) is 0. The van der Waals surface area contributed by atoms with Gasteiger partial charge in [0.25, 0.3) is 0 Å². The Morgan fingerprint density at radius 2 is 0.450 bits per heavy atom. The molecule has 7 rings (SSSR count). The van der Waals surface area contributed by atoms with Crippen molar-refractivity contribution in [3.63, 3.8) is 0 Å². The molecule has 7 heterocycles. The van der Waals surface area contributed by atoms with Crippen molar-refractivity contribution < 1.29 is 160 Å². The van der Waals surface area contributed by atoms with Crippen LogP contribution in [0.25, 0.3) is 0 Å². The predicted octanol–water partition coefficient (Wildman–Crippen LogP) is 11.4. The molecule has 7 saturated heterocycles. The Kier molecular flexibility index (Phi) is 29.5. The third-order valence-corrected chi connectivity index (χ3v) is 22.1. The van der Waals surface area contributed by atoms with Gasteiger partial charge in [0.15, 0.2) is 44.0 Å². The van der Waals surface area contributed by atoms with Crippen LogP contribution in [-0.2, 0) is 61.6 Å². The fourth-order valence-electron chi connectivity index (χ4n) is 14.5. The van der Waals surface area contributed by atoms with Gasteiger partial charge in [0.05, 0.1) is 79.9 Å². The van der Waals surface area contributed by atoms with Crippen molar-refractivity contribution in [2.45, 2.75) is 307 Å². The van der Waals surface area contributed by atoms with Crippen LogP contribution in [0.1, 0.15) is 184 Å². The van der Waals surface area contributed by atoms with Crippen LogP contribution in [0, 0.1) is 177 Å². The molecule has 15 unspecified atom stereocenters. The van der Waals surface area contributed by atoms with Gasteiger partial charge in [-0.15, -0.1) is 0 Å². The molecule has 0 aromatic rings. The summed E-state index contributed by atoms with van der Waals surface area (Å²) in [7, 11) is 0. The van der Waals surface area contributed by atoms with Crippen LogP contribution in [0.15, 0.2) is 0 Å². The summed E-state index contributed by atoms with van der Waals surface area (Å²) in [6.07, 6.45) is -1.22. The molecule has 35 atom stereocenters. The van der Waals surface area contributed by atoms with E-state index in [4.69, 9.17) is 61.6 Å². The zero-order valence-corrected chi connectivity index (χ0v) is 63.0. The normalized spacial score (nSPS) is 52.2. The van der Waals surface area contributed by atoms with E-state index in [0.29, 0.717) is 17.8 Å². The van der Waals surface area contributed by atoms with Gasteiger partial charge in [-0.3, -0.25) is 0 Å². The molecular weight excluding hydrogens is 1450 g/mol. The van der Waals surface area contributed by atoms with Crippen LogP contribution < -0.4 is 0 Å². The Labute approximate surface area is 557 Å². The smallest absolute Gasteiger partial charge is 0.161 e. The molecule has 462 valence electrons. The maximum atomic E-state index is 10.5. The first kappa shape index (κ1) is 73.0. The minimum atomic E-state index is -0.947. The molecule has 7 aliphatic heterocycles. The Morgan fingerprint density at radius 1 is 0.250 bits per heavy atom. The summed E-state index contributed by atoms with van der Waals surface area (Å²) in [4.78, 5) is 0. The summed E-state index contributed by atoms with van der Waals surface area (Å²) >= 11 is 0. The van der Waals surface area contributed by atoms with E-state index in [0.717, 1.165) is 38.5 Å². The number of ether oxygens (including phenoxy) is 13. The van der Waals surface area contributed by atoms with Crippen molar-refractivity contribution in [1.29, 1.82) is 0 Å². The zero-order chi connectivity index (χ0) is 57.3. The van der Waals surface area contributed by atoms with Gasteiger partial charge in [-0.25, -0.2) is 0 Å². The van der Waals surface area contributed by atoms with Gasteiger partial charge < -0.3 is 71.8 Å². The largest absolute Gasteiger partial charge is 0.394 e. The van der Waals surface area contributed by atoms with Crippen molar-refractivity contribution in [2.24, 2.45) is 88.8 Å². The molecular formula is C63H114Ac2O15. The number of hydrogen-bond acceptors (Lipinski definition) is 15. The maximum absolute atomic E-state index is 10.5. The van der Waals surface area contributed by atoms with Crippen molar-refractivity contribution in [3.8, 4) is 0 Å². The van der Waals surface area contributed by atoms with Crippen molar-refractivity contribution in [1.82, 2.24) is 0 Å². The maximum Gasteiger partial charge on any atom is 0.161 e. The molecule has 80 heavy (non-hydrogen) atoms. The molecule has 7 aliphatic rings. The first-order valence-corrected chi connectivity index (χ1v) is 31.8. The number of aliphatic hydroxyl groups excluding tert-OH is 2. The minimum absolute atomic E-state index is 0. The van der Waals surface area contributed by atoms with E-state index in [1.165, 1.54) is 0 Å². The summed E-state index contributed by atoms with van der Waals surface area (Å²) in [5.74, 6) is 1.95.